The maximum absolute atomic E-state index is 12.4. The van der Waals surface area contributed by atoms with Crippen molar-refractivity contribution in [1.82, 2.24) is 19.8 Å². The predicted octanol–water partition coefficient (Wildman–Crippen LogP) is 1.63. The maximum atomic E-state index is 12.4. The molecular formula is C17H21N5O. The van der Waals surface area contributed by atoms with E-state index in [-0.39, 0.29) is 5.91 Å². The third-order valence-electron chi connectivity index (χ3n) is 4.13. The van der Waals surface area contributed by atoms with Crippen molar-refractivity contribution < 1.29 is 4.79 Å². The predicted molar refractivity (Wildman–Crippen MR) is 89.9 cm³/mol. The van der Waals surface area contributed by atoms with Gasteiger partial charge in [0, 0.05) is 38.9 Å². The molecule has 1 aliphatic rings. The van der Waals surface area contributed by atoms with Crippen LogP contribution in [0.2, 0.25) is 0 Å². The van der Waals surface area contributed by atoms with E-state index in [0.29, 0.717) is 11.5 Å². The summed E-state index contributed by atoms with van der Waals surface area (Å²) in [5, 5.41) is 0. The van der Waals surface area contributed by atoms with Gasteiger partial charge in [-0.05, 0) is 19.2 Å². The number of aromatic nitrogens is 2. The number of carbonyl (C=O) groups is 1. The largest absolute Gasteiger partial charge is 0.335 e. The summed E-state index contributed by atoms with van der Waals surface area (Å²) in [6.45, 7) is 3.27. The van der Waals surface area contributed by atoms with Crippen LogP contribution in [0.3, 0.4) is 0 Å². The van der Waals surface area contributed by atoms with Gasteiger partial charge in [-0.2, -0.15) is 0 Å². The van der Waals surface area contributed by atoms with Crippen molar-refractivity contribution in [2.24, 2.45) is 0 Å². The van der Waals surface area contributed by atoms with Gasteiger partial charge >= 0.3 is 0 Å². The molecule has 3 rings (SSSR count). The molecule has 1 aromatic carbocycles. The summed E-state index contributed by atoms with van der Waals surface area (Å²) >= 11 is 0. The van der Waals surface area contributed by atoms with E-state index in [9.17, 15) is 4.79 Å². The summed E-state index contributed by atoms with van der Waals surface area (Å²) in [7, 11) is 4.00. The lowest BCUT2D eigenvalue weighted by molar-refractivity contribution is 0.0658. The van der Waals surface area contributed by atoms with Crippen molar-refractivity contribution in [1.29, 1.82) is 0 Å². The Morgan fingerprint density at radius 3 is 2.35 bits per heavy atom. The number of anilines is 2. The molecule has 2 heterocycles. The van der Waals surface area contributed by atoms with Crippen LogP contribution in [0.1, 0.15) is 10.5 Å². The summed E-state index contributed by atoms with van der Waals surface area (Å²) in [4.78, 5) is 27.1. The van der Waals surface area contributed by atoms with Gasteiger partial charge in [-0.25, -0.2) is 9.97 Å². The van der Waals surface area contributed by atoms with Gasteiger partial charge in [0.2, 0.25) is 0 Å². The van der Waals surface area contributed by atoms with E-state index >= 15 is 0 Å². The van der Waals surface area contributed by atoms with E-state index in [1.54, 1.807) is 12.4 Å². The van der Waals surface area contributed by atoms with Crippen LogP contribution in [-0.4, -0.2) is 65.9 Å². The molecule has 0 aliphatic carbocycles. The molecule has 0 bridgehead atoms. The fourth-order valence-corrected chi connectivity index (χ4v) is 2.56. The highest BCUT2D eigenvalue weighted by Gasteiger charge is 2.21. The van der Waals surface area contributed by atoms with Crippen molar-refractivity contribution in [3.63, 3.8) is 0 Å². The minimum absolute atomic E-state index is 0.0421. The van der Waals surface area contributed by atoms with E-state index < -0.39 is 0 Å². The number of nitrogens with zero attached hydrogens (tertiary/aromatic N) is 5. The fraction of sp³-hybridized carbons (Fsp3) is 0.353. The molecule has 1 aliphatic heterocycles. The Bertz CT molecular complexity index is 650. The Morgan fingerprint density at radius 2 is 1.74 bits per heavy atom. The Labute approximate surface area is 136 Å². The van der Waals surface area contributed by atoms with Crippen LogP contribution < -0.4 is 4.90 Å². The van der Waals surface area contributed by atoms with Gasteiger partial charge in [0.25, 0.3) is 5.91 Å². The van der Waals surface area contributed by atoms with E-state index in [0.717, 1.165) is 31.9 Å². The first-order valence-electron chi connectivity index (χ1n) is 7.74. The van der Waals surface area contributed by atoms with Crippen molar-refractivity contribution in [3.8, 4) is 0 Å². The Hall–Kier alpha value is -2.47. The van der Waals surface area contributed by atoms with Crippen molar-refractivity contribution in [2.75, 3.05) is 45.2 Å². The van der Waals surface area contributed by atoms with Crippen molar-refractivity contribution in [2.45, 2.75) is 0 Å². The number of hydrogen-bond donors (Lipinski definition) is 0. The number of para-hydroxylation sites is 1. The molecule has 0 atom stereocenters. The number of carbonyl (C=O) groups excluding carboxylic acids is 1. The second-order valence-electron chi connectivity index (χ2n) is 5.75. The average molecular weight is 311 g/mol. The van der Waals surface area contributed by atoms with E-state index in [1.807, 2.05) is 47.2 Å². The smallest absolute Gasteiger partial charge is 0.274 e. The minimum atomic E-state index is -0.0421. The third-order valence-corrected chi connectivity index (χ3v) is 4.13. The van der Waals surface area contributed by atoms with Crippen LogP contribution in [-0.2, 0) is 0 Å². The Balaban J connectivity index is 1.71. The summed E-state index contributed by atoms with van der Waals surface area (Å²) in [6, 6.07) is 9.94. The lowest BCUT2D eigenvalue weighted by atomic mass is 10.3. The summed E-state index contributed by atoms with van der Waals surface area (Å²) in [5.74, 6) is 0.672. The number of hydrogen-bond acceptors (Lipinski definition) is 5. The number of piperazine rings is 1. The van der Waals surface area contributed by atoms with Crippen LogP contribution in [0, 0.1) is 0 Å². The van der Waals surface area contributed by atoms with Gasteiger partial charge in [0.1, 0.15) is 5.69 Å². The first kappa shape index (κ1) is 15.4. The Kier molecular flexibility index (Phi) is 4.52. The molecule has 1 aromatic heterocycles. The SMILES string of the molecule is CN1CCN(C(=O)c2cnc(N(C)c3ccccc3)cn2)CC1. The molecule has 0 unspecified atom stereocenters. The maximum Gasteiger partial charge on any atom is 0.274 e. The summed E-state index contributed by atoms with van der Waals surface area (Å²) < 4.78 is 0. The van der Waals surface area contributed by atoms with Crippen LogP contribution in [0.15, 0.2) is 42.7 Å². The van der Waals surface area contributed by atoms with Gasteiger partial charge in [0.15, 0.2) is 5.82 Å². The van der Waals surface area contributed by atoms with Gasteiger partial charge in [-0.1, -0.05) is 18.2 Å². The van der Waals surface area contributed by atoms with E-state index in [4.69, 9.17) is 0 Å². The van der Waals surface area contributed by atoms with Gasteiger partial charge in [-0.15, -0.1) is 0 Å². The highest BCUT2D eigenvalue weighted by Crippen LogP contribution is 2.20. The molecule has 23 heavy (non-hydrogen) atoms. The Morgan fingerprint density at radius 1 is 1.04 bits per heavy atom. The van der Waals surface area contributed by atoms with Crippen LogP contribution >= 0.6 is 0 Å². The van der Waals surface area contributed by atoms with Crippen LogP contribution in [0.25, 0.3) is 0 Å². The molecule has 1 amide bonds. The molecule has 0 N–H and O–H groups in total. The van der Waals surface area contributed by atoms with Gasteiger partial charge < -0.3 is 14.7 Å². The molecule has 0 radical (unpaired) electrons. The lowest BCUT2D eigenvalue weighted by Crippen LogP contribution is -2.47. The van der Waals surface area contributed by atoms with Gasteiger partial charge in [0.05, 0.1) is 12.4 Å². The topological polar surface area (TPSA) is 52.6 Å². The van der Waals surface area contributed by atoms with E-state index in [2.05, 4.69) is 21.9 Å². The molecule has 1 fully saturated rings. The quantitative estimate of drug-likeness (QED) is 0.862. The molecule has 2 aromatic rings. The molecule has 1 saturated heterocycles. The molecule has 0 spiro atoms. The monoisotopic (exact) mass is 311 g/mol. The molecule has 6 nitrogen and oxygen atoms in total. The highest BCUT2D eigenvalue weighted by atomic mass is 16.2. The number of rotatable bonds is 3. The number of amides is 1. The second-order valence-corrected chi connectivity index (χ2v) is 5.75. The van der Waals surface area contributed by atoms with Gasteiger partial charge in [-0.3, -0.25) is 4.79 Å². The molecule has 0 saturated carbocycles. The van der Waals surface area contributed by atoms with Crippen LogP contribution in [0.5, 0.6) is 0 Å². The van der Waals surface area contributed by atoms with Crippen LogP contribution in [0.4, 0.5) is 11.5 Å². The average Bonchev–Trinajstić information content (AvgIpc) is 2.62. The van der Waals surface area contributed by atoms with Crippen molar-refractivity contribution in [3.05, 3.63) is 48.4 Å². The molecule has 6 heteroatoms. The zero-order chi connectivity index (χ0) is 16.2. The fourth-order valence-electron chi connectivity index (χ4n) is 2.56. The summed E-state index contributed by atoms with van der Waals surface area (Å²) in [6.07, 6.45) is 3.21. The molecular weight excluding hydrogens is 290 g/mol. The minimum Gasteiger partial charge on any atom is -0.335 e. The zero-order valence-electron chi connectivity index (χ0n) is 13.5. The number of likely N-dealkylation sites (N-methyl/N-ethyl adjacent to an activating group) is 1. The highest BCUT2D eigenvalue weighted by molar-refractivity contribution is 5.92. The van der Waals surface area contributed by atoms with Crippen molar-refractivity contribution >= 4 is 17.4 Å². The standard InChI is InChI=1S/C17H21N5O/c1-20-8-10-22(11-9-20)17(23)15-12-19-16(13-18-15)21(2)14-6-4-3-5-7-14/h3-7,12-13H,8-11H2,1-2H3. The second kappa shape index (κ2) is 6.75. The first-order valence-corrected chi connectivity index (χ1v) is 7.74. The lowest BCUT2D eigenvalue weighted by Gasteiger charge is -2.32. The molecule has 120 valence electrons. The first-order chi connectivity index (χ1) is 11.1. The number of benzene rings is 1. The normalized spacial score (nSPS) is 15.5. The summed E-state index contributed by atoms with van der Waals surface area (Å²) in [5.41, 5.74) is 1.43. The zero-order valence-corrected chi connectivity index (χ0v) is 13.5. The van der Waals surface area contributed by atoms with E-state index in [1.165, 1.54) is 0 Å². The third kappa shape index (κ3) is 3.48.